The number of nitrogens with one attached hydrogen (secondary N) is 1. The Bertz CT molecular complexity index is 386. The molecule has 1 aromatic carbocycles. The van der Waals surface area contributed by atoms with E-state index in [1.165, 1.54) is 37.8 Å². The largest absolute Gasteiger partial charge is 0.309 e. The summed E-state index contributed by atoms with van der Waals surface area (Å²) in [7, 11) is 0. The van der Waals surface area contributed by atoms with Crippen molar-refractivity contribution in [3.05, 3.63) is 35.9 Å². The second-order valence-corrected chi connectivity index (χ2v) is 6.28. The lowest BCUT2D eigenvalue weighted by Gasteiger charge is -2.29. The number of hydrogen-bond donors (Lipinski definition) is 1. The summed E-state index contributed by atoms with van der Waals surface area (Å²) in [5.41, 5.74) is 1.44. The summed E-state index contributed by atoms with van der Waals surface area (Å²) in [6.45, 7) is 5.98. The lowest BCUT2D eigenvalue weighted by molar-refractivity contribution is 0.199. The minimum atomic E-state index is 0.505. The van der Waals surface area contributed by atoms with Gasteiger partial charge < -0.3 is 5.32 Å². The van der Waals surface area contributed by atoms with E-state index in [4.69, 9.17) is 0 Å². The predicted octanol–water partition coefficient (Wildman–Crippen LogP) is 3.21. The zero-order chi connectivity index (χ0) is 13.1. The molecule has 1 saturated heterocycles. The van der Waals surface area contributed by atoms with Crippen molar-refractivity contribution in [2.75, 3.05) is 19.6 Å². The van der Waals surface area contributed by atoms with E-state index in [9.17, 15) is 0 Å². The summed E-state index contributed by atoms with van der Waals surface area (Å²) in [6, 6.07) is 12.2. The highest BCUT2D eigenvalue weighted by Gasteiger charge is 2.26. The van der Waals surface area contributed by atoms with Gasteiger partial charge in [-0.05, 0) is 44.3 Å². The summed E-state index contributed by atoms with van der Waals surface area (Å²) in [4.78, 5) is 2.70. The molecule has 0 aromatic heterocycles. The molecule has 2 fully saturated rings. The van der Waals surface area contributed by atoms with Crippen LogP contribution in [0, 0.1) is 5.92 Å². The van der Waals surface area contributed by atoms with Crippen LogP contribution in [-0.4, -0.2) is 30.6 Å². The fourth-order valence-electron chi connectivity index (χ4n) is 3.10. The minimum Gasteiger partial charge on any atom is -0.309 e. The van der Waals surface area contributed by atoms with Gasteiger partial charge in [-0.2, -0.15) is 0 Å². The van der Waals surface area contributed by atoms with Gasteiger partial charge in [0.1, 0.15) is 0 Å². The molecule has 104 valence electrons. The van der Waals surface area contributed by atoms with Crippen LogP contribution >= 0.6 is 0 Å². The molecule has 2 atom stereocenters. The predicted molar refractivity (Wildman–Crippen MR) is 80.2 cm³/mol. The average molecular weight is 258 g/mol. The first kappa shape index (κ1) is 13.1. The molecule has 2 nitrogen and oxygen atoms in total. The van der Waals surface area contributed by atoms with E-state index >= 15 is 0 Å². The van der Waals surface area contributed by atoms with Crippen LogP contribution in [0.25, 0.3) is 0 Å². The SMILES string of the molecule is CC1CCNC(c2ccccc2)CN1CCC1CC1. The van der Waals surface area contributed by atoms with Crippen molar-refractivity contribution in [1.29, 1.82) is 0 Å². The Hall–Kier alpha value is -0.860. The molecule has 0 bridgehead atoms. The Morgan fingerprint density at radius 2 is 1.95 bits per heavy atom. The molecule has 2 unspecified atom stereocenters. The molecule has 19 heavy (non-hydrogen) atoms. The molecular weight excluding hydrogens is 232 g/mol. The second-order valence-electron chi connectivity index (χ2n) is 6.28. The molecule has 1 aliphatic carbocycles. The maximum Gasteiger partial charge on any atom is 0.0449 e. The summed E-state index contributed by atoms with van der Waals surface area (Å²) in [5.74, 6) is 1.04. The van der Waals surface area contributed by atoms with Crippen LogP contribution in [0.2, 0.25) is 0 Å². The van der Waals surface area contributed by atoms with Crippen LogP contribution in [0.5, 0.6) is 0 Å². The molecular formula is C17H26N2. The molecule has 1 aliphatic heterocycles. The summed E-state index contributed by atoms with van der Waals surface area (Å²) < 4.78 is 0. The number of nitrogens with zero attached hydrogens (tertiary/aromatic N) is 1. The number of hydrogen-bond acceptors (Lipinski definition) is 2. The zero-order valence-corrected chi connectivity index (χ0v) is 12.0. The van der Waals surface area contributed by atoms with Gasteiger partial charge in [0.05, 0.1) is 0 Å². The van der Waals surface area contributed by atoms with Gasteiger partial charge >= 0.3 is 0 Å². The Balaban J connectivity index is 1.64. The fourth-order valence-corrected chi connectivity index (χ4v) is 3.10. The van der Waals surface area contributed by atoms with E-state index in [2.05, 4.69) is 47.5 Å². The monoisotopic (exact) mass is 258 g/mol. The highest BCUT2D eigenvalue weighted by atomic mass is 15.2. The second kappa shape index (κ2) is 6.06. The fraction of sp³-hybridized carbons (Fsp3) is 0.647. The molecule has 1 N–H and O–H groups in total. The molecule has 2 heteroatoms. The van der Waals surface area contributed by atoms with E-state index in [1.807, 2.05) is 0 Å². The van der Waals surface area contributed by atoms with Gasteiger partial charge in [0.25, 0.3) is 0 Å². The van der Waals surface area contributed by atoms with Crippen LogP contribution in [0.15, 0.2) is 30.3 Å². The summed E-state index contributed by atoms with van der Waals surface area (Å²) in [6.07, 6.45) is 5.63. The van der Waals surface area contributed by atoms with Crippen LogP contribution in [0.1, 0.15) is 44.2 Å². The van der Waals surface area contributed by atoms with Crippen LogP contribution < -0.4 is 5.32 Å². The van der Waals surface area contributed by atoms with E-state index in [0.29, 0.717) is 6.04 Å². The van der Waals surface area contributed by atoms with Crippen molar-refractivity contribution in [2.45, 2.75) is 44.7 Å². The molecule has 3 rings (SSSR count). The summed E-state index contributed by atoms with van der Waals surface area (Å²) in [5, 5.41) is 3.72. The summed E-state index contributed by atoms with van der Waals surface area (Å²) >= 11 is 0. The van der Waals surface area contributed by atoms with Crippen molar-refractivity contribution in [2.24, 2.45) is 5.92 Å². The minimum absolute atomic E-state index is 0.505. The number of benzene rings is 1. The topological polar surface area (TPSA) is 15.3 Å². The molecule has 0 amide bonds. The third-order valence-corrected chi connectivity index (χ3v) is 4.72. The Labute approximate surface area is 117 Å². The Morgan fingerprint density at radius 3 is 2.68 bits per heavy atom. The van der Waals surface area contributed by atoms with Crippen molar-refractivity contribution < 1.29 is 0 Å². The van der Waals surface area contributed by atoms with E-state index in [1.54, 1.807) is 0 Å². The van der Waals surface area contributed by atoms with Crippen LogP contribution in [0.3, 0.4) is 0 Å². The van der Waals surface area contributed by atoms with Gasteiger partial charge in [0.15, 0.2) is 0 Å². The van der Waals surface area contributed by atoms with E-state index in [0.717, 1.165) is 25.0 Å². The first-order valence-electron chi connectivity index (χ1n) is 7.85. The standard InChI is InChI=1S/C17H26N2/c1-14-9-11-18-17(16-5-3-2-4-6-16)13-19(14)12-10-15-7-8-15/h2-6,14-15,17-18H,7-13H2,1H3. The average Bonchev–Trinajstić information content (AvgIpc) is 3.26. The first-order valence-corrected chi connectivity index (χ1v) is 7.85. The molecule has 1 aromatic rings. The van der Waals surface area contributed by atoms with Gasteiger partial charge in [-0.15, -0.1) is 0 Å². The first-order chi connectivity index (χ1) is 9.33. The van der Waals surface area contributed by atoms with Crippen molar-refractivity contribution in [3.63, 3.8) is 0 Å². The third kappa shape index (κ3) is 3.58. The maximum atomic E-state index is 3.72. The van der Waals surface area contributed by atoms with Crippen LogP contribution in [-0.2, 0) is 0 Å². The molecule has 0 radical (unpaired) electrons. The highest BCUT2D eigenvalue weighted by molar-refractivity contribution is 5.19. The molecule has 1 saturated carbocycles. The van der Waals surface area contributed by atoms with Crippen LogP contribution in [0.4, 0.5) is 0 Å². The van der Waals surface area contributed by atoms with Crippen molar-refractivity contribution in [1.82, 2.24) is 10.2 Å². The van der Waals surface area contributed by atoms with E-state index in [-0.39, 0.29) is 0 Å². The smallest absolute Gasteiger partial charge is 0.0449 e. The maximum absolute atomic E-state index is 3.72. The van der Waals surface area contributed by atoms with E-state index < -0.39 is 0 Å². The van der Waals surface area contributed by atoms with Gasteiger partial charge in [-0.1, -0.05) is 43.2 Å². The number of rotatable bonds is 4. The van der Waals surface area contributed by atoms with Gasteiger partial charge in [-0.25, -0.2) is 0 Å². The molecule has 1 heterocycles. The lowest BCUT2D eigenvalue weighted by Crippen LogP contribution is -2.36. The molecule has 2 aliphatic rings. The zero-order valence-electron chi connectivity index (χ0n) is 12.0. The van der Waals surface area contributed by atoms with Gasteiger partial charge in [0, 0.05) is 18.6 Å². The lowest BCUT2D eigenvalue weighted by atomic mass is 10.1. The Morgan fingerprint density at radius 1 is 1.16 bits per heavy atom. The van der Waals surface area contributed by atoms with Gasteiger partial charge in [0.2, 0.25) is 0 Å². The van der Waals surface area contributed by atoms with Crippen molar-refractivity contribution >= 4 is 0 Å². The van der Waals surface area contributed by atoms with Crippen molar-refractivity contribution in [3.8, 4) is 0 Å². The quantitative estimate of drug-likeness (QED) is 0.892. The highest BCUT2D eigenvalue weighted by Crippen LogP contribution is 2.33. The van der Waals surface area contributed by atoms with Gasteiger partial charge in [-0.3, -0.25) is 4.90 Å². The normalized spacial score (nSPS) is 29.1. The molecule has 0 spiro atoms. The third-order valence-electron chi connectivity index (χ3n) is 4.72. The Kier molecular flexibility index (Phi) is 4.19.